The number of thioether (sulfide) groups is 1. The van der Waals surface area contributed by atoms with Gasteiger partial charge in [-0.3, -0.25) is 4.79 Å². The van der Waals surface area contributed by atoms with Crippen LogP contribution in [0.25, 0.3) is 0 Å². The fourth-order valence-electron chi connectivity index (χ4n) is 2.09. The minimum Gasteiger partial charge on any atom is -1.00 e. The highest BCUT2D eigenvalue weighted by atomic mass is 79.9. The predicted molar refractivity (Wildman–Crippen MR) is 87.3 cm³/mol. The molecule has 0 saturated carbocycles. The van der Waals surface area contributed by atoms with Crippen LogP contribution in [0.2, 0.25) is 0 Å². The summed E-state index contributed by atoms with van der Waals surface area (Å²) in [5.41, 5.74) is 0.879. The largest absolute Gasteiger partial charge is 1.00 e. The number of anilines is 1. The summed E-state index contributed by atoms with van der Waals surface area (Å²) in [4.78, 5) is 13.1. The van der Waals surface area contributed by atoms with Gasteiger partial charge in [-0.2, -0.15) is 0 Å². The number of rotatable bonds is 7. The second-order valence-corrected chi connectivity index (χ2v) is 5.73. The Labute approximate surface area is 146 Å². The average Bonchev–Trinajstić information content (AvgIpc) is 2.53. The van der Waals surface area contributed by atoms with Crippen molar-refractivity contribution in [3.63, 3.8) is 0 Å². The van der Waals surface area contributed by atoms with E-state index >= 15 is 0 Å². The number of halogens is 1. The summed E-state index contributed by atoms with van der Waals surface area (Å²) in [6.07, 6.45) is 8.60. The molecule has 1 N–H and O–H groups in total. The lowest BCUT2D eigenvalue weighted by atomic mass is 10.2. The summed E-state index contributed by atoms with van der Waals surface area (Å²) in [5, 5.41) is 2.96. The fourth-order valence-corrected chi connectivity index (χ4v) is 2.55. The average molecular weight is 381 g/mol. The number of carbonyl (C=O) groups is 1. The summed E-state index contributed by atoms with van der Waals surface area (Å²) in [7, 11) is 0. The highest BCUT2D eigenvalue weighted by molar-refractivity contribution is 7.98. The molecule has 0 spiro atoms. The predicted octanol–water partition coefficient (Wildman–Crippen LogP) is 0.509. The quantitative estimate of drug-likeness (QED) is 0.431. The van der Waals surface area contributed by atoms with Crippen LogP contribution in [0, 0.1) is 0 Å². The molecule has 0 atom stereocenters. The lowest BCUT2D eigenvalue weighted by Crippen LogP contribution is -3.00. The number of nitrogens with one attached hydrogen (secondary N) is 1. The number of hydrogen-bond donors (Lipinski definition) is 1. The van der Waals surface area contributed by atoms with E-state index in [-0.39, 0.29) is 22.9 Å². The van der Waals surface area contributed by atoms with Gasteiger partial charge in [0, 0.05) is 35.6 Å². The molecule has 0 bridgehead atoms. The van der Waals surface area contributed by atoms with Crippen LogP contribution in [0.15, 0.2) is 59.8 Å². The molecule has 3 nitrogen and oxygen atoms in total. The van der Waals surface area contributed by atoms with Crippen LogP contribution < -0.4 is 26.9 Å². The number of hydrogen-bond acceptors (Lipinski definition) is 2. The Balaban J connectivity index is 0.00000242. The van der Waals surface area contributed by atoms with E-state index in [0.717, 1.165) is 30.0 Å². The Morgan fingerprint density at radius 1 is 1.14 bits per heavy atom. The summed E-state index contributed by atoms with van der Waals surface area (Å²) < 4.78 is 2.14. The topological polar surface area (TPSA) is 33.0 Å². The Hall–Kier alpha value is -1.33. The molecule has 1 heterocycles. The van der Waals surface area contributed by atoms with Crippen molar-refractivity contribution in [1.82, 2.24) is 0 Å². The first-order valence-corrected chi connectivity index (χ1v) is 8.38. The molecular weight excluding hydrogens is 360 g/mol. The minimum atomic E-state index is 0. The van der Waals surface area contributed by atoms with Crippen molar-refractivity contribution in [2.24, 2.45) is 0 Å². The van der Waals surface area contributed by atoms with Gasteiger partial charge in [0.2, 0.25) is 5.91 Å². The molecule has 1 amide bonds. The van der Waals surface area contributed by atoms with Gasteiger partial charge in [-0.15, -0.1) is 11.8 Å². The lowest BCUT2D eigenvalue weighted by molar-refractivity contribution is -0.697. The first-order chi connectivity index (χ1) is 10.3. The minimum absolute atomic E-state index is 0. The molecule has 0 saturated heterocycles. The van der Waals surface area contributed by atoms with Crippen molar-refractivity contribution in [3.8, 4) is 0 Å². The highest BCUT2D eigenvalue weighted by Gasteiger charge is 2.04. The molecule has 0 radical (unpaired) electrons. The summed E-state index contributed by atoms with van der Waals surface area (Å²) in [6, 6.07) is 14.0. The van der Waals surface area contributed by atoms with Crippen LogP contribution in [-0.2, 0) is 11.3 Å². The van der Waals surface area contributed by atoms with Crippen LogP contribution in [-0.4, -0.2) is 12.2 Å². The molecule has 1 aromatic carbocycles. The van der Waals surface area contributed by atoms with Crippen LogP contribution in [0.5, 0.6) is 0 Å². The maximum absolute atomic E-state index is 11.9. The molecule has 5 heteroatoms. The highest BCUT2D eigenvalue weighted by Crippen LogP contribution is 2.19. The molecule has 1 aromatic heterocycles. The van der Waals surface area contributed by atoms with Crippen molar-refractivity contribution in [2.45, 2.75) is 30.7 Å². The number of nitrogens with zero attached hydrogens (tertiary/aromatic N) is 1. The van der Waals surface area contributed by atoms with Crippen molar-refractivity contribution in [3.05, 3.63) is 54.9 Å². The number of aromatic nitrogens is 1. The van der Waals surface area contributed by atoms with E-state index in [2.05, 4.69) is 9.88 Å². The first kappa shape index (κ1) is 18.7. The van der Waals surface area contributed by atoms with Crippen molar-refractivity contribution < 1.29 is 26.3 Å². The second kappa shape index (κ2) is 10.4. The van der Waals surface area contributed by atoms with Crippen LogP contribution in [0.3, 0.4) is 0 Å². The zero-order chi connectivity index (χ0) is 14.9. The molecule has 0 fully saturated rings. The molecule has 0 aliphatic carbocycles. The molecule has 2 rings (SSSR count). The maximum Gasteiger partial charge on any atom is 0.224 e. The van der Waals surface area contributed by atoms with Crippen molar-refractivity contribution >= 4 is 23.4 Å². The lowest BCUT2D eigenvalue weighted by Gasteiger charge is -2.06. The number of aryl methyl sites for hydroxylation is 1. The Bertz CT molecular complexity index is 578. The van der Waals surface area contributed by atoms with Crippen LogP contribution in [0.4, 0.5) is 5.69 Å². The van der Waals surface area contributed by atoms with Gasteiger partial charge >= 0.3 is 0 Å². The standard InChI is InChI=1S/C17H20N2OS.BrH/c1-21-16-9-7-8-15(14-16)18-17(20)10-3-6-13-19-11-4-2-5-12-19;/h2,4-5,7-9,11-12,14H,3,6,10,13H2,1H3;1H. The summed E-state index contributed by atoms with van der Waals surface area (Å²) in [6.45, 7) is 0.954. The van der Waals surface area contributed by atoms with Crippen molar-refractivity contribution in [1.29, 1.82) is 0 Å². The third-order valence-electron chi connectivity index (χ3n) is 3.20. The Morgan fingerprint density at radius 2 is 1.91 bits per heavy atom. The smallest absolute Gasteiger partial charge is 0.224 e. The van der Waals surface area contributed by atoms with E-state index in [0.29, 0.717) is 6.42 Å². The van der Waals surface area contributed by atoms with Gasteiger partial charge in [0.1, 0.15) is 6.54 Å². The molecule has 118 valence electrons. The van der Waals surface area contributed by atoms with E-state index in [1.165, 1.54) is 0 Å². The van der Waals surface area contributed by atoms with E-state index in [1.807, 2.05) is 61.1 Å². The Morgan fingerprint density at radius 3 is 2.64 bits per heavy atom. The SMILES string of the molecule is CSc1cccc(NC(=O)CCCC[n+]2ccccc2)c1.[Br-]. The number of amides is 1. The van der Waals surface area contributed by atoms with Gasteiger partial charge in [0.25, 0.3) is 0 Å². The fraction of sp³-hybridized carbons (Fsp3) is 0.294. The van der Waals surface area contributed by atoms with Gasteiger partial charge in [-0.25, -0.2) is 4.57 Å². The molecule has 2 aromatic rings. The second-order valence-electron chi connectivity index (χ2n) is 4.85. The summed E-state index contributed by atoms with van der Waals surface area (Å²) >= 11 is 1.68. The van der Waals surface area contributed by atoms with E-state index in [1.54, 1.807) is 11.8 Å². The zero-order valence-electron chi connectivity index (χ0n) is 12.7. The maximum atomic E-state index is 11.9. The van der Waals surface area contributed by atoms with E-state index in [4.69, 9.17) is 0 Å². The number of pyridine rings is 1. The normalized spacial score (nSPS) is 9.86. The third-order valence-corrected chi connectivity index (χ3v) is 3.93. The molecular formula is C17H21BrN2OS. The zero-order valence-corrected chi connectivity index (χ0v) is 15.1. The van der Waals surface area contributed by atoms with Gasteiger partial charge in [-0.05, 0) is 30.9 Å². The van der Waals surface area contributed by atoms with Crippen LogP contribution in [0.1, 0.15) is 19.3 Å². The van der Waals surface area contributed by atoms with Crippen molar-refractivity contribution in [2.75, 3.05) is 11.6 Å². The van der Waals surface area contributed by atoms with Gasteiger partial charge in [0.05, 0.1) is 0 Å². The van der Waals surface area contributed by atoms with Gasteiger partial charge in [0.15, 0.2) is 12.4 Å². The number of carbonyl (C=O) groups excluding carboxylic acids is 1. The number of benzene rings is 1. The van der Waals surface area contributed by atoms with Gasteiger partial charge in [-0.1, -0.05) is 12.1 Å². The third kappa shape index (κ3) is 6.62. The number of unbranched alkanes of at least 4 members (excludes halogenated alkanes) is 1. The summed E-state index contributed by atoms with van der Waals surface area (Å²) in [5.74, 6) is 0.0892. The van der Waals surface area contributed by atoms with E-state index < -0.39 is 0 Å². The molecule has 22 heavy (non-hydrogen) atoms. The molecule has 0 aliphatic heterocycles. The van der Waals surface area contributed by atoms with Crippen LogP contribution >= 0.6 is 11.8 Å². The Kier molecular flexibility index (Phi) is 8.85. The van der Waals surface area contributed by atoms with Gasteiger partial charge < -0.3 is 22.3 Å². The molecule has 0 unspecified atom stereocenters. The van der Waals surface area contributed by atoms with E-state index in [9.17, 15) is 4.79 Å². The molecule has 0 aliphatic rings. The monoisotopic (exact) mass is 380 g/mol. The first-order valence-electron chi connectivity index (χ1n) is 7.16.